The Hall–Kier alpha value is -2.66. The molecule has 2 rings (SSSR count). The highest BCUT2D eigenvalue weighted by atomic mass is 35.5. The molecule has 0 spiro atoms. The van der Waals surface area contributed by atoms with Crippen LogP contribution in [0.5, 0.6) is 0 Å². The van der Waals surface area contributed by atoms with Crippen LogP contribution in [0.1, 0.15) is 40.2 Å². The second-order valence-electron chi connectivity index (χ2n) is 8.14. The number of nitrogens with zero attached hydrogens (tertiary/aromatic N) is 2. The first kappa shape index (κ1) is 23.6. The van der Waals surface area contributed by atoms with Crippen LogP contribution >= 0.6 is 11.6 Å². The first-order valence-corrected chi connectivity index (χ1v) is 10.5. The first-order chi connectivity index (χ1) is 14.1. The van der Waals surface area contributed by atoms with Crippen LogP contribution in [0.25, 0.3) is 0 Å². The number of amides is 1. The van der Waals surface area contributed by atoms with Crippen molar-refractivity contribution >= 4 is 46.1 Å². The van der Waals surface area contributed by atoms with E-state index in [1.54, 1.807) is 45.0 Å². The minimum absolute atomic E-state index is 0.115. The third-order valence-electron chi connectivity index (χ3n) is 4.75. The molecule has 0 saturated heterocycles. The van der Waals surface area contributed by atoms with Gasteiger partial charge in [-0.1, -0.05) is 32.4 Å². The third-order valence-corrected chi connectivity index (χ3v) is 5.01. The fraction of sp³-hybridized carbons (Fsp3) is 0.375. The largest absolute Gasteiger partial charge is 0.372 e. The average molecular weight is 428 g/mol. The van der Waals surface area contributed by atoms with Gasteiger partial charge in [-0.05, 0) is 68.8 Å². The van der Waals surface area contributed by atoms with Crippen LogP contribution < -0.4 is 10.2 Å². The highest BCUT2D eigenvalue weighted by Crippen LogP contribution is 2.27. The van der Waals surface area contributed by atoms with Crippen molar-refractivity contribution in [1.29, 1.82) is 0 Å². The van der Waals surface area contributed by atoms with Crippen LogP contribution in [0.2, 0.25) is 5.02 Å². The standard InChI is InChI=1S/C24H30ClN3O2/c1-7-28(8-2)19-13-14-20(16(3)15-19)27-21(22(29)24(4,5)6)23(30)26-18-11-9-17(25)10-12-18/h9-15H,7-8H2,1-6H3,(H,26,30). The summed E-state index contributed by atoms with van der Waals surface area (Å²) in [5, 5.41) is 3.32. The molecule has 6 heteroatoms. The maximum Gasteiger partial charge on any atom is 0.278 e. The third kappa shape index (κ3) is 5.92. The van der Waals surface area contributed by atoms with E-state index >= 15 is 0 Å². The Balaban J connectivity index is 2.44. The van der Waals surface area contributed by atoms with E-state index in [-0.39, 0.29) is 11.5 Å². The molecule has 0 aliphatic carbocycles. The minimum Gasteiger partial charge on any atom is -0.372 e. The van der Waals surface area contributed by atoms with Crippen LogP contribution in [0.15, 0.2) is 47.5 Å². The van der Waals surface area contributed by atoms with Crippen LogP contribution in [0.4, 0.5) is 17.1 Å². The number of ketones is 1. The van der Waals surface area contributed by atoms with Crippen molar-refractivity contribution in [3.05, 3.63) is 53.1 Å². The molecule has 2 aromatic carbocycles. The van der Waals surface area contributed by atoms with Gasteiger partial charge in [-0.25, -0.2) is 4.99 Å². The molecule has 0 fully saturated rings. The van der Waals surface area contributed by atoms with E-state index in [0.717, 1.165) is 24.3 Å². The number of hydrogen-bond acceptors (Lipinski definition) is 4. The fourth-order valence-electron chi connectivity index (χ4n) is 2.95. The Labute approximate surface area is 184 Å². The number of rotatable bonds is 7. The van der Waals surface area contributed by atoms with Gasteiger partial charge in [-0.3, -0.25) is 9.59 Å². The van der Waals surface area contributed by atoms with Gasteiger partial charge in [0.25, 0.3) is 5.91 Å². The predicted octanol–water partition coefficient (Wildman–Crippen LogP) is 5.82. The number of aliphatic imine (C=N–C) groups is 1. The SMILES string of the molecule is CCN(CC)c1ccc(N=C(C(=O)Nc2ccc(Cl)cc2)C(=O)C(C)(C)C)c(C)c1. The van der Waals surface area contributed by atoms with Gasteiger partial charge < -0.3 is 10.2 Å². The number of benzene rings is 2. The van der Waals surface area contributed by atoms with Crippen molar-refractivity contribution in [2.45, 2.75) is 41.5 Å². The molecule has 0 saturated carbocycles. The summed E-state index contributed by atoms with van der Waals surface area (Å²) in [6.45, 7) is 13.3. The molecule has 0 bridgehead atoms. The zero-order valence-corrected chi connectivity index (χ0v) is 19.3. The normalized spacial score (nSPS) is 11.9. The number of hydrogen-bond donors (Lipinski definition) is 1. The van der Waals surface area contributed by atoms with Gasteiger partial charge in [-0.15, -0.1) is 0 Å². The van der Waals surface area contributed by atoms with Crippen molar-refractivity contribution in [2.75, 3.05) is 23.3 Å². The summed E-state index contributed by atoms with van der Waals surface area (Å²) < 4.78 is 0. The molecule has 0 aliphatic heterocycles. The Kier molecular flexibility index (Phi) is 7.79. The summed E-state index contributed by atoms with van der Waals surface area (Å²) >= 11 is 5.91. The molecule has 0 heterocycles. The summed E-state index contributed by atoms with van der Waals surface area (Å²) in [4.78, 5) is 32.7. The van der Waals surface area contributed by atoms with Gasteiger partial charge in [0, 0.05) is 34.9 Å². The molecule has 0 unspecified atom stereocenters. The number of halogens is 1. The van der Waals surface area contributed by atoms with Crippen LogP contribution in [0.3, 0.4) is 0 Å². The maximum atomic E-state index is 13.0. The molecule has 0 atom stereocenters. The lowest BCUT2D eigenvalue weighted by molar-refractivity contribution is -0.121. The van der Waals surface area contributed by atoms with Crippen LogP contribution in [0, 0.1) is 12.3 Å². The summed E-state index contributed by atoms with van der Waals surface area (Å²) in [5.74, 6) is -0.856. The first-order valence-electron chi connectivity index (χ1n) is 10.1. The maximum absolute atomic E-state index is 13.0. The molecular formula is C24H30ClN3O2. The fourth-order valence-corrected chi connectivity index (χ4v) is 3.08. The zero-order valence-electron chi connectivity index (χ0n) is 18.5. The molecule has 30 heavy (non-hydrogen) atoms. The average Bonchev–Trinajstić information content (AvgIpc) is 2.68. The van der Waals surface area contributed by atoms with Crippen molar-refractivity contribution < 1.29 is 9.59 Å². The summed E-state index contributed by atoms with van der Waals surface area (Å²) in [7, 11) is 0. The number of anilines is 2. The molecule has 5 nitrogen and oxygen atoms in total. The minimum atomic E-state index is -0.745. The van der Waals surface area contributed by atoms with Crippen LogP contribution in [-0.4, -0.2) is 30.5 Å². The molecular weight excluding hydrogens is 398 g/mol. The monoisotopic (exact) mass is 427 g/mol. The van der Waals surface area contributed by atoms with Crippen LogP contribution in [-0.2, 0) is 9.59 Å². The van der Waals surface area contributed by atoms with E-state index in [9.17, 15) is 9.59 Å². The van der Waals surface area contributed by atoms with E-state index in [0.29, 0.717) is 16.4 Å². The van der Waals surface area contributed by atoms with Gasteiger partial charge in [0.05, 0.1) is 5.69 Å². The second kappa shape index (κ2) is 9.90. The van der Waals surface area contributed by atoms with E-state index in [1.165, 1.54) is 0 Å². The molecule has 0 aliphatic rings. The van der Waals surface area contributed by atoms with Gasteiger partial charge in [0.2, 0.25) is 0 Å². The number of carbonyl (C=O) groups excluding carboxylic acids is 2. The molecule has 2 aromatic rings. The molecule has 1 N–H and O–H groups in total. The lowest BCUT2D eigenvalue weighted by atomic mass is 9.87. The number of Topliss-reactive ketones (excluding diaryl/α,β-unsaturated/α-hetero) is 1. The van der Waals surface area contributed by atoms with Crippen molar-refractivity contribution in [3.8, 4) is 0 Å². The van der Waals surface area contributed by atoms with E-state index in [1.807, 2.05) is 25.1 Å². The smallest absolute Gasteiger partial charge is 0.278 e. The summed E-state index contributed by atoms with van der Waals surface area (Å²) in [6.07, 6.45) is 0. The number of aryl methyl sites for hydroxylation is 1. The quantitative estimate of drug-likeness (QED) is 0.447. The lowest BCUT2D eigenvalue weighted by Crippen LogP contribution is -2.37. The van der Waals surface area contributed by atoms with E-state index in [2.05, 4.69) is 29.1 Å². The van der Waals surface area contributed by atoms with Gasteiger partial charge in [0.15, 0.2) is 11.5 Å². The topological polar surface area (TPSA) is 61.8 Å². The Morgan fingerprint density at radius 1 is 1.03 bits per heavy atom. The molecule has 0 radical (unpaired) electrons. The highest BCUT2D eigenvalue weighted by molar-refractivity contribution is 6.68. The van der Waals surface area contributed by atoms with E-state index < -0.39 is 11.3 Å². The molecule has 160 valence electrons. The predicted molar refractivity (Wildman–Crippen MR) is 126 cm³/mol. The van der Waals surface area contributed by atoms with Crippen molar-refractivity contribution in [1.82, 2.24) is 0 Å². The Morgan fingerprint density at radius 3 is 2.13 bits per heavy atom. The highest BCUT2D eigenvalue weighted by Gasteiger charge is 2.31. The van der Waals surface area contributed by atoms with Gasteiger partial charge >= 0.3 is 0 Å². The Bertz CT molecular complexity index is 940. The number of carbonyl (C=O) groups is 2. The molecule has 1 amide bonds. The number of nitrogens with one attached hydrogen (secondary N) is 1. The Morgan fingerprint density at radius 2 is 1.63 bits per heavy atom. The zero-order chi connectivity index (χ0) is 22.5. The lowest BCUT2D eigenvalue weighted by Gasteiger charge is -2.22. The summed E-state index contributed by atoms with van der Waals surface area (Å²) in [6, 6.07) is 12.6. The van der Waals surface area contributed by atoms with Gasteiger partial charge in [-0.2, -0.15) is 0 Å². The van der Waals surface area contributed by atoms with Crippen molar-refractivity contribution in [3.63, 3.8) is 0 Å². The van der Waals surface area contributed by atoms with E-state index in [4.69, 9.17) is 11.6 Å². The van der Waals surface area contributed by atoms with Crippen molar-refractivity contribution in [2.24, 2.45) is 10.4 Å². The second-order valence-corrected chi connectivity index (χ2v) is 8.58. The summed E-state index contributed by atoms with van der Waals surface area (Å²) in [5.41, 5.74) is 2.28. The van der Waals surface area contributed by atoms with Gasteiger partial charge in [0.1, 0.15) is 0 Å². The molecule has 0 aromatic heterocycles.